The minimum Gasteiger partial charge on any atom is -0.321 e. The highest BCUT2D eigenvalue weighted by atomic mass is 16.1. The lowest BCUT2D eigenvalue weighted by Crippen LogP contribution is -2.10. The molecule has 0 aliphatic rings. The Kier molecular flexibility index (Phi) is 2.79. The Hall–Kier alpha value is -3.28. The molecule has 0 atom stereocenters. The van der Waals surface area contributed by atoms with Crippen LogP contribution in [0.1, 0.15) is 0 Å². The number of aromatic amines is 2. The van der Waals surface area contributed by atoms with E-state index in [0.29, 0.717) is 5.56 Å². The SMILES string of the molecule is O=c1[nH]c(-c2cccc3ccccc23)ccc1-c1nn[nH]n1. The van der Waals surface area contributed by atoms with E-state index in [0.717, 1.165) is 22.0 Å². The van der Waals surface area contributed by atoms with Gasteiger partial charge < -0.3 is 4.98 Å². The highest BCUT2D eigenvalue weighted by Crippen LogP contribution is 2.27. The van der Waals surface area contributed by atoms with Gasteiger partial charge in [-0.1, -0.05) is 42.5 Å². The molecule has 6 heteroatoms. The molecule has 0 spiro atoms. The molecule has 0 amide bonds. The van der Waals surface area contributed by atoms with Gasteiger partial charge >= 0.3 is 0 Å². The highest BCUT2D eigenvalue weighted by molar-refractivity contribution is 5.95. The lowest BCUT2D eigenvalue weighted by atomic mass is 10.0. The third kappa shape index (κ3) is 1.98. The van der Waals surface area contributed by atoms with Crippen molar-refractivity contribution < 1.29 is 0 Å². The summed E-state index contributed by atoms with van der Waals surface area (Å²) in [6.45, 7) is 0. The summed E-state index contributed by atoms with van der Waals surface area (Å²) < 4.78 is 0. The molecule has 6 nitrogen and oxygen atoms in total. The predicted molar refractivity (Wildman–Crippen MR) is 83.2 cm³/mol. The molecular weight excluding hydrogens is 278 g/mol. The molecule has 0 radical (unpaired) electrons. The van der Waals surface area contributed by atoms with Crippen LogP contribution in [0.25, 0.3) is 33.4 Å². The zero-order valence-electron chi connectivity index (χ0n) is 11.4. The summed E-state index contributed by atoms with van der Waals surface area (Å²) in [6, 6.07) is 17.6. The quantitative estimate of drug-likeness (QED) is 0.593. The minimum atomic E-state index is -0.244. The lowest BCUT2D eigenvalue weighted by Gasteiger charge is -2.07. The number of pyridine rings is 1. The van der Waals surface area contributed by atoms with Crippen LogP contribution in [0.2, 0.25) is 0 Å². The topological polar surface area (TPSA) is 87.3 Å². The van der Waals surface area contributed by atoms with Crippen molar-refractivity contribution >= 4 is 10.8 Å². The van der Waals surface area contributed by atoms with Gasteiger partial charge in [-0.2, -0.15) is 5.21 Å². The van der Waals surface area contributed by atoms with Gasteiger partial charge in [0.2, 0.25) is 5.82 Å². The normalized spacial score (nSPS) is 10.9. The van der Waals surface area contributed by atoms with Crippen LogP contribution in [0.5, 0.6) is 0 Å². The number of benzene rings is 2. The molecule has 0 bridgehead atoms. The number of H-pyrrole nitrogens is 2. The van der Waals surface area contributed by atoms with Gasteiger partial charge in [0, 0.05) is 11.3 Å². The van der Waals surface area contributed by atoms with Crippen molar-refractivity contribution in [2.45, 2.75) is 0 Å². The first-order valence-electron chi connectivity index (χ1n) is 6.78. The van der Waals surface area contributed by atoms with E-state index in [4.69, 9.17) is 0 Å². The Morgan fingerprint density at radius 1 is 0.864 bits per heavy atom. The lowest BCUT2D eigenvalue weighted by molar-refractivity contribution is 0.881. The van der Waals surface area contributed by atoms with Gasteiger partial charge in [-0.3, -0.25) is 4.79 Å². The largest absolute Gasteiger partial charge is 0.321 e. The standard InChI is InChI=1S/C16H11N5O/c22-16-13(15-18-20-21-19-15)8-9-14(17-16)12-7-3-5-10-4-1-2-6-11(10)12/h1-9H,(H,17,22)(H,18,19,20,21). The van der Waals surface area contributed by atoms with Crippen LogP contribution in [-0.2, 0) is 0 Å². The zero-order valence-corrected chi connectivity index (χ0v) is 11.4. The summed E-state index contributed by atoms with van der Waals surface area (Å²) in [6.07, 6.45) is 0. The van der Waals surface area contributed by atoms with Crippen LogP contribution in [-0.4, -0.2) is 25.6 Å². The van der Waals surface area contributed by atoms with Crippen LogP contribution in [0.4, 0.5) is 0 Å². The summed E-state index contributed by atoms with van der Waals surface area (Å²) in [4.78, 5) is 15.2. The number of aromatic nitrogens is 5. The van der Waals surface area contributed by atoms with Crippen molar-refractivity contribution in [1.82, 2.24) is 25.6 Å². The third-order valence-electron chi connectivity index (χ3n) is 3.58. The fourth-order valence-corrected chi connectivity index (χ4v) is 2.54. The van der Waals surface area contributed by atoms with Crippen LogP contribution >= 0.6 is 0 Å². The molecule has 2 heterocycles. The first kappa shape index (κ1) is 12.5. The van der Waals surface area contributed by atoms with Crippen molar-refractivity contribution in [2.75, 3.05) is 0 Å². The van der Waals surface area contributed by atoms with E-state index in [1.807, 2.05) is 48.5 Å². The van der Waals surface area contributed by atoms with Crippen molar-refractivity contribution in [3.05, 3.63) is 65.0 Å². The van der Waals surface area contributed by atoms with Crippen LogP contribution in [0.15, 0.2) is 59.4 Å². The molecule has 0 aliphatic heterocycles. The van der Waals surface area contributed by atoms with Gasteiger partial charge in [0.25, 0.3) is 5.56 Å². The molecule has 2 aromatic carbocycles. The van der Waals surface area contributed by atoms with Crippen molar-refractivity contribution in [1.29, 1.82) is 0 Å². The van der Waals surface area contributed by atoms with Gasteiger partial charge in [0.05, 0.1) is 5.56 Å². The van der Waals surface area contributed by atoms with E-state index in [1.165, 1.54) is 0 Å². The van der Waals surface area contributed by atoms with Gasteiger partial charge in [0.1, 0.15) is 0 Å². The molecule has 106 valence electrons. The Bertz CT molecular complexity index is 999. The minimum absolute atomic E-state index is 0.244. The first-order valence-corrected chi connectivity index (χ1v) is 6.78. The molecule has 2 N–H and O–H groups in total. The molecule has 0 saturated carbocycles. The molecular formula is C16H11N5O. The second-order valence-electron chi connectivity index (χ2n) is 4.88. The molecule has 4 rings (SSSR count). The maximum absolute atomic E-state index is 12.3. The smallest absolute Gasteiger partial charge is 0.259 e. The fraction of sp³-hybridized carbons (Fsp3) is 0. The molecule has 22 heavy (non-hydrogen) atoms. The maximum Gasteiger partial charge on any atom is 0.259 e. The van der Waals surface area contributed by atoms with Crippen LogP contribution in [0.3, 0.4) is 0 Å². The molecule has 4 aromatic rings. The summed E-state index contributed by atoms with van der Waals surface area (Å²) in [7, 11) is 0. The second kappa shape index (κ2) is 4.92. The number of fused-ring (bicyclic) bond motifs is 1. The number of rotatable bonds is 2. The molecule has 2 aromatic heterocycles. The fourth-order valence-electron chi connectivity index (χ4n) is 2.54. The molecule has 0 saturated heterocycles. The second-order valence-corrected chi connectivity index (χ2v) is 4.88. The summed E-state index contributed by atoms with van der Waals surface area (Å²) in [5.74, 6) is 0.283. The number of tetrazole rings is 1. The average Bonchev–Trinajstić information content (AvgIpc) is 3.08. The number of hydrogen-bond donors (Lipinski definition) is 2. The average molecular weight is 289 g/mol. The Morgan fingerprint density at radius 2 is 1.73 bits per heavy atom. The highest BCUT2D eigenvalue weighted by Gasteiger charge is 2.10. The Morgan fingerprint density at radius 3 is 2.55 bits per heavy atom. The summed E-state index contributed by atoms with van der Waals surface area (Å²) in [5.41, 5.74) is 1.88. The van der Waals surface area contributed by atoms with Gasteiger partial charge in [0.15, 0.2) is 0 Å². The third-order valence-corrected chi connectivity index (χ3v) is 3.58. The first-order chi connectivity index (χ1) is 10.8. The Labute approximate surface area is 124 Å². The zero-order chi connectivity index (χ0) is 14.9. The van der Waals surface area contributed by atoms with E-state index in [-0.39, 0.29) is 11.4 Å². The maximum atomic E-state index is 12.3. The van der Waals surface area contributed by atoms with Gasteiger partial charge in [-0.15, -0.1) is 10.2 Å². The molecule has 0 fully saturated rings. The summed E-state index contributed by atoms with van der Waals surface area (Å²) in [5, 5.41) is 15.7. The Balaban J connectivity index is 1.90. The van der Waals surface area contributed by atoms with E-state index in [9.17, 15) is 4.79 Å². The van der Waals surface area contributed by atoms with E-state index >= 15 is 0 Å². The van der Waals surface area contributed by atoms with Crippen molar-refractivity contribution in [2.24, 2.45) is 0 Å². The predicted octanol–water partition coefficient (Wildman–Crippen LogP) is 2.38. The van der Waals surface area contributed by atoms with Crippen LogP contribution < -0.4 is 5.56 Å². The van der Waals surface area contributed by atoms with E-state index < -0.39 is 0 Å². The number of nitrogens with one attached hydrogen (secondary N) is 2. The molecule has 0 aliphatic carbocycles. The van der Waals surface area contributed by atoms with Gasteiger partial charge in [-0.25, -0.2) is 0 Å². The number of hydrogen-bond acceptors (Lipinski definition) is 4. The van der Waals surface area contributed by atoms with Crippen LogP contribution in [0, 0.1) is 0 Å². The van der Waals surface area contributed by atoms with Gasteiger partial charge in [-0.05, 0) is 28.1 Å². The molecule has 0 unspecified atom stereocenters. The van der Waals surface area contributed by atoms with E-state index in [1.54, 1.807) is 6.07 Å². The monoisotopic (exact) mass is 289 g/mol. The summed E-state index contributed by atoms with van der Waals surface area (Å²) >= 11 is 0. The number of nitrogens with zero attached hydrogens (tertiary/aromatic N) is 3. The van der Waals surface area contributed by atoms with Crippen molar-refractivity contribution in [3.63, 3.8) is 0 Å². The van der Waals surface area contributed by atoms with E-state index in [2.05, 4.69) is 25.6 Å². The van der Waals surface area contributed by atoms with Crippen molar-refractivity contribution in [3.8, 4) is 22.6 Å².